The fourth-order valence-corrected chi connectivity index (χ4v) is 1.46. The third kappa shape index (κ3) is 3.50. The van der Waals surface area contributed by atoms with Crippen LogP contribution in [0.15, 0.2) is 18.2 Å². The van der Waals surface area contributed by atoms with E-state index in [0.29, 0.717) is 12.5 Å². The van der Waals surface area contributed by atoms with Gasteiger partial charge in [-0.2, -0.15) is 0 Å². The second-order valence-corrected chi connectivity index (χ2v) is 4.54. The number of amides is 1. The molecule has 1 fully saturated rings. The second-order valence-electron chi connectivity index (χ2n) is 4.54. The quantitative estimate of drug-likeness (QED) is 0.878. The van der Waals surface area contributed by atoms with Crippen molar-refractivity contribution >= 4 is 11.6 Å². The molecular formula is C13H15F2NO2. The maximum atomic E-state index is 12.9. The van der Waals surface area contributed by atoms with E-state index >= 15 is 0 Å². The zero-order valence-electron chi connectivity index (χ0n) is 10.1. The molecule has 3 nitrogen and oxygen atoms in total. The van der Waals surface area contributed by atoms with Crippen molar-refractivity contribution in [1.29, 1.82) is 0 Å². The number of halogens is 2. The van der Waals surface area contributed by atoms with E-state index < -0.39 is 17.7 Å². The van der Waals surface area contributed by atoms with Crippen LogP contribution >= 0.6 is 0 Å². The number of anilines is 1. The maximum Gasteiger partial charge on any atom is 0.253 e. The summed E-state index contributed by atoms with van der Waals surface area (Å²) in [5, 5.41) is 2.48. The summed E-state index contributed by atoms with van der Waals surface area (Å²) < 4.78 is 31.0. The molecule has 1 amide bonds. The first-order valence-electron chi connectivity index (χ1n) is 5.94. The Kier molecular flexibility index (Phi) is 3.91. The lowest BCUT2D eigenvalue weighted by Crippen LogP contribution is -2.28. The molecule has 0 spiro atoms. The van der Waals surface area contributed by atoms with Crippen LogP contribution in [0.4, 0.5) is 14.5 Å². The summed E-state index contributed by atoms with van der Waals surface area (Å²) in [6.45, 7) is 2.21. The van der Waals surface area contributed by atoms with Crippen LogP contribution in [0.1, 0.15) is 19.8 Å². The van der Waals surface area contributed by atoms with Crippen LogP contribution in [0.25, 0.3) is 0 Å². The Bertz CT molecular complexity index is 447. The third-order valence-electron chi connectivity index (χ3n) is 2.84. The Morgan fingerprint density at radius 1 is 1.44 bits per heavy atom. The highest BCUT2D eigenvalue weighted by Gasteiger charge is 2.24. The first-order valence-corrected chi connectivity index (χ1v) is 5.94. The van der Waals surface area contributed by atoms with Crippen molar-refractivity contribution in [2.45, 2.75) is 25.9 Å². The zero-order chi connectivity index (χ0) is 13.1. The first kappa shape index (κ1) is 13.0. The number of hydrogen-bond donors (Lipinski definition) is 1. The summed E-state index contributed by atoms with van der Waals surface area (Å²) in [6, 6.07) is 3.23. The number of hydrogen-bond acceptors (Lipinski definition) is 2. The highest BCUT2D eigenvalue weighted by Crippen LogP contribution is 2.29. The molecule has 0 bridgehead atoms. The van der Waals surface area contributed by atoms with Crippen LogP contribution < -0.4 is 5.32 Å². The molecule has 1 aromatic rings. The number of rotatable bonds is 5. The van der Waals surface area contributed by atoms with Gasteiger partial charge in [0.15, 0.2) is 11.6 Å². The molecule has 18 heavy (non-hydrogen) atoms. The topological polar surface area (TPSA) is 38.3 Å². The highest BCUT2D eigenvalue weighted by atomic mass is 19.2. The van der Waals surface area contributed by atoms with E-state index in [2.05, 4.69) is 5.32 Å². The van der Waals surface area contributed by atoms with Crippen LogP contribution in [0.2, 0.25) is 0 Å². The minimum atomic E-state index is -0.987. The van der Waals surface area contributed by atoms with Gasteiger partial charge >= 0.3 is 0 Å². The van der Waals surface area contributed by atoms with Crippen molar-refractivity contribution in [2.24, 2.45) is 5.92 Å². The maximum absolute atomic E-state index is 12.9. The van der Waals surface area contributed by atoms with Gasteiger partial charge < -0.3 is 10.1 Å². The Hall–Kier alpha value is -1.49. The molecule has 0 aromatic heterocycles. The fourth-order valence-electron chi connectivity index (χ4n) is 1.46. The molecular weight excluding hydrogens is 240 g/mol. The molecule has 0 radical (unpaired) electrons. The molecule has 0 aliphatic heterocycles. The van der Waals surface area contributed by atoms with Crippen molar-refractivity contribution in [3.63, 3.8) is 0 Å². The number of nitrogens with one attached hydrogen (secondary N) is 1. The Labute approximate surface area is 104 Å². The van der Waals surface area contributed by atoms with Gasteiger partial charge in [-0.1, -0.05) is 0 Å². The van der Waals surface area contributed by atoms with Gasteiger partial charge in [-0.3, -0.25) is 4.79 Å². The molecule has 1 aliphatic carbocycles. The molecule has 0 saturated heterocycles. The third-order valence-corrected chi connectivity index (χ3v) is 2.84. The number of benzene rings is 1. The predicted octanol–water partition coefficient (Wildman–Crippen LogP) is 2.72. The first-order chi connectivity index (χ1) is 8.56. The largest absolute Gasteiger partial charge is 0.368 e. The molecule has 98 valence electrons. The van der Waals surface area contributed by atoms with Gasteiger partial charge in [0, 0.05) is 11.8 Å². The summed E-state index contributed by atoms with van der Waals surface area (Å²) in [5.74, 6) is -1.71. The number of ether oxygens (including phenoxy) is 1. The molecule has 1 aromatic carbocycles. The average molecular weight is 255 g/mol. The van der Waals surface area contributed by atoms with Gasteiger partial charge in [-0.25, -0.2) is 8.78 Å². The van der Waals surface area contributed by atoms with E-state index in [1.54, 1.807) is 6.92 Å². The number of carbonyl (C=O) groups excluding carboxylic acids is 1. The van der Waals surface area contributed by atoms with E-state index in [9.17, 15) is 13.6 Å². The van der Waals surface area contributed by atoms with Gasteiger partial charge in [-0.05, 0) is 37.8 Å². The minimum absolute atomic E-state index is 0.223. The Morgan fingerprint density at radius 2 is 2.17 bits per heavy atom. The molecule has 1 atom stereocenters. The summed E-state index contributed by atoms with van der Waals surface area (Å²) in [7, 11) is 0. The summed E-state index contributed by atoms with van der Waals surface area (Å²) in [5.41, 5.74) is 0.223. The van der Waals surface area contributed by atoms with E-state index in [-0.39, 0.29) is 11.6 Å². The fraction of sp³-hybridized carbons (Fsp3) is 0.462. The van der Waals surface area contributed by atoms with E-state index in [1.807, 2.05) is 0 Å². The van der Waals surface area contributed by atoms with E-state index in [1.165, 1.54) is 6.07 Å². The lowest BCUT2D eigenvalue weighted by atomic mass is 10.2. The van der Waals surface area contributed by atoms with E-state index in [0.717, 1.165) is 25.0 Å². The summed E-state index contributed by atoms with van der Waals surface area (Å²) in [6.07, 6.45) is 1.70. The second kappa shape index (κ2) is 5.44. The smallest absolute Gasteiger partial charge is 0.253 e. The molecule has 1 N–H and O–H groups in total. The normalized spacial score (nSPS) is 16.4. The molecule has 5 heteroatoms. The molecule has 0 heterocycles. The van der Waals surface area contributed by atoms with Crippen molar-refractivity contribution in [3.8, 4) is 0 Å². The lowest BCUT2D eigenvalue weighted by molar-refractivity contribution is -0.126. The van der Waals surface area contributed by atoms with Crippen molar-refractivity contribution < 1.29 is 18.3 Å². The summed E-state index contributed by atoms with van der Waals surface area (Å²) in [4.78, 5) is 11.7. The van der Waals surface area contributed by atoms with Gasteiger partial charge in [-0.15, -0.1) is 0 Å². The summed E-state index contributed by atoms with van der Waals surface area (Å²) >= 11 is 0. The molecule has 1 aliphatic rings. The SMILES string of the molecule is CC(OCC1CC1)C(=O)Nc1ccc(F)c(F)c1. The monoisotopic (exact) mass is 255 g/mol. The van der Waals surface area contributed by atoms with E-state index in [4.69, 9.17) is 4.74 Å². The predicted molar refractivity (Wildman–Crippen MR) is 63.1 cm³/mol. The van der Waals surface area contributed by atoms with Gasteiger partial charge in [0.25, 0.3) is 5.91 Å². The molecule has 1 unspecified atom stereocenters. The molecule has 1 saturated carbocycles. The van der Waals surface area contributed by atoms with Gasteiger partial charge in [0.1, 0.15) is 6.10 Å². The highest BCUT2D eigenvalue weighted by molar-refractivity contribution is 5.93. The van der Waals surface area contributed by atoms with Crippen molar-refractivity contribution in [2.75, 3.05) is 11.9 Å². The van der Waals surface area contributed by atoms with Crippen molar-refractivity contribution in [1.82, 2.24) is 0 Å². The number of carbonyl (C=O) groups is 1. The van der Waals surface area contributed by atoms with Crippen LogP contribution in [0.5, 0.6) is 0 Å². The van der Waals surface area contributed by atoms with Crippen LogP contribution in [0.3, 0.4) is 0 Å². The van der Waals surface area contributed by atoms with Crippen molar-refractivity contribution in [3.05, 3.63) is 29.8 Å². The standard InChI is InChI=1S/C13H15F2NO2/c1-8(18-7-9-2-3-9)13(17)16-10-4-5-11(14)12(15)6-10/h4-6,8-9H,2-3,7H2,1H3,(H,16,17). The van der Waals surface area contributed by atoms with Crippen LogP contribution in [-0.4, -0.2) is 18.6 Å². The van der Waals surface area contributed by atoms with Gasteiger partial charge in [0.05, 0.1) is 6.61 Å². The lowest BCUT2D eigenvalue weighted by Gasteiger charge is -2.13. The Balaban J connectivity index is 1.86. The zero-order valence-corrected chi connectivity index (χ0v) is 10.1. The Morgan fingerprint density at radius 3 is 2.78 bits per heavy atom. The average Bonchev–Trinajstić information content (AvgIpc) is 3.14. The van der Waals surface area contributed by atoms with Gasteiger partial charge in [0.2, 0.25) is 0 Å². The van der Waals surface area contributed by atoms with Crippen LogP contribution in [-0.2, 0) is 9.53 Å². The molecule has 2 rings (SSSR count). The van der Waals surface area contributed by atoms with Crippen LogP contribution in [0, 0.1) is 17.6 Å². The minimum Gasteiger partial charge on any atom is -0.368 e.